The molecule has 0 amide bonds. The van der Waals surface area contributed by atoms with Gasteiger partial charge < -0.3 is 10.9 Å². The molecule has 0 heterocycles. The van der Waals surface area contributed by atoms with Crippen molar-refractivity contribution in [3.63, 3.8) is 0 Å². The van der Waals surface area contributed by atoms with Gasteiger partial charge in [0.1, 0.15) is 0 Å². The Morgan fingerprint density at radius 1 is 1.39 bits per heavy atom. The van der Waals surface area contributed by atoms with E-state index in [4.69, 9.17) is 10.9 Å². The summed E-state index contributed by atoms with van der Waals surface area (Å²) in [7, 11) is -3.36. The molecule has 0 aliphatic heterocycles. The number of rotatable bonds is 7. The van der Waals surface area contributed by atoms with Crippen molar-refractivity contribution in [2.45, 2.75) is 40.5 Å². The van der Waals surface area contributed by atoms with Crippen LogP contribution in [-0.4, -0.2) is 42.6 Å². The third-order valence-electron chi connectivity index (χ3n) is 2.44. The molecule has 0 aliphatic carbocycles. The van der Waals surface area contributed by atoms with Gasteiger partial charge in [0.25, 0.3) is 0 Å². The number of amidine groups is 1. The fourth-order valence-electron chi connectivity index (χ4n) is 1.34. The van der Waals surface area contributed by atoms with Crippen LogP contribution in [0.25, 0.3) is 0 Å². The number of nitrogens with zero attached hydrogens (tertiary/aromatic N) is 2. The van der Waals surface area contributed by atoms with Crippen LogP contribution in [0, 0.1) is 5.41 Å². The first-order valence-electron chi connectivity index (χ1n) is 6.06. The molecule has 0 bridgehead atoms. The van der Waals surface area contributed by atoms with E-state index >= 15 is 0 Å². The van der Waals surface area contributed by atoms with Gasteiger partial charge in [-0.1, -0.05) is 32.9 Å². The van der Waals surface area contributed by atoms with Gasteiger partial charge in [-0.25, -0.2) is 8.42 Å². The smallest absolute Gasteiger partial charge is 0.214 e. The van der Waals surface area contributed by atoms with Crippen LogP contribution < -0.4 is 5.73 Å². The minimum atomic E-state index is -3.36. The molecule has 0 saturated heterocycles. The summed E-state index contributed by atoms with van der Waals surface area (Å²) in [6.07, 6.45) is 1.26. The van der Waals surface area contributed by atoms with Crippen molar-refractivity contribution >= 4 is 15.9 Å². The van der Waals surface area contributed by atoms with Gasteiger partial charge in [-0.05, 0) is 18.3 Å². The Hall–Kier alpha value is -0.820. The summed E-state index contributed by atoms with van der Waals surface area (Å²) in [6.45, 7) is 8.20. The Bertz CT molecular complexity index is 371. The van der Waals surface area contributed by atoms with Crippen molar-refractivity contribution in [3.05, 3.63) is 0 Å². The highest BCUT2D eigenvalue weighted by atomic mass is 32.2. The highest BCUT2D eigenvalue weighted by Crippen LogP contribution is 2.20. The van der Waals surface area contributed by atoms with E-state index in [1.165, 1.54) is 4.31 Å². The maximum Gasteiger partial charge on any atom is 0.214 e. The van der Waals surface area contributed by atoms with Crippen LogP contribution in [0.2, 0.25) is 0 Å². The third-order valence-corrected chi connectivity index (χ3v) is 4.26. The molecule has 0 fully saturated rings. The summed E-state index contributed by atoms with van der Waals surface area (Å²) in [6, 6.07) is 0. The zero-order valence-corrected chi connectivity index (χ0v) is 12.5. The first-order valence-corrected chi connectivity index (χ1v) is 7.67. The van der Waals surface area contributed by atoms with E-state index in [0.717, 1.165) is 0 Å². The molecule has 0 spiro atoms. The molecule has 0 aliphatic rings. The van der Waals surface area contributed by atoms with Crippen molar-refractivity contribution in [2.75, 3.05) is 18.8 Å². The molecular weight excluding hydrogens is 254 g/mol. The molecule has 0 radical (unpaired) electrons. The monoisotopic (exact) mass is 279 g/mol. The predicted molar refractivity (Wildman–Crippen MR) is 73.1 cm³/mol. The normalized spacial score (nSPS) is 14.2. The van der Waals surface area contributed by atoms with Gasteiger partial charge in [0.05, 0.1) is 12.3 Å². The number of sulfonamides is 1. The van der Waals surface area contributed by atoms with Gasteiger partial charge in [-0.2, -0.15) is 4.31 Å². The largest absolute Gasteiger partial charge is 0.409 e. The number of oxime groups is 1. The molecule has 6 nitrogen and oxygen atoms in total. The molecule has 0 aromatic carbocycles. The van der Waals surface area contributed by atoms with Crippen LogP contribution in [0.1, 0.15) is 40.5 Å². The van der Waals surface area contributed by atoms with E-state index < -0.39 is 10.0 Å². The summed E-state index contributed by atoms with van der Waals surface area (Å²) >= 11 is 0. The molecule has 18 heavy (non-hydrogen) atoms. The van der Waals surface area contributed by atoms with E-state index in [0.29, 0.717) is 19.4 Å². The van der Waals surface area contributed by atoms with E-state index in [9.17, 15) is 8.42 Å². The van der Waals surface area contributed by atoms with Crippen molar-refractivity contribution in [1.82, 2.24) is 4.31 Å². The third kappa shape index (κ3) is 6.80. The van der Waals surface area contributed by atoms with Gasteiger partial charge in [0.2, 0.25) is 10.0 Å². The fraction of sp³-hybridized carbons (Fsp3) is 0.909. The Morgan fingerprint density at radius 2 is 1.94 bits per heavy atom. The summed E-state index contributed by atoms with van der Waals surface area (Å²) < 4.78 is 25.6. The second-order valence-corrected chi connectivity index (χ2v) is 7.64. The lowest BCUT2D eigenvalue weighted by Crippen LogP contribution is -2.40. The molecule has 0 unspecified atom stereocenters. The zero-order valence-electron chi connectivity index (χ0n) is 11.7. The van der Waals surface area contributed by atoms with Crippen LogP contribution in [0.5, 0.6) is 0 Å². The first-order chi connectivity index (χ1) is 8.12. The lowest BCUT2D eigenvalue weighted by molar-refractivity contribution is 0.314. The fourth-order valence-corrected chi connectivity index (χ4v) is 3.26. The van der Waals surface area contributed by atoms with Crippen molar-refractivity contribution in [3.8, 4) is 0 Å². The van der Waals surface area contributed by atoms with Gasteiger partial charge in [-0.15, -0.1) is 0 Å². The number of hydrogen-bond acceptors (Lipinski definition) is 4. The van der Waals surface area contributed by atoms with Crippen LogP contribution in [0.4, 0.5) is 0 Å². The van der Waals surface area contributed by atoms with Crippen LogP contribution >= 0.6 is 0 Å². The van der Waals surface area contributed by atoms with E-state index in [1.54, 1.807) is 0 Å². The maximum atomic E-state index is 12.2. The Morgan fingerprint density at radius 3 is 2.33 bits per heavy atom. The molecular formula is C11H25N3O3S. The molecule has 0 aromatic rings. The molecule has 0 aromatic heterocycles. The molecule has 0 saturated carbocycles. The highest BCUT2D eigenvalue weighted by molar-refractivity contribution is 7.89. The Labute approximate surface area is 110 Å². The lowest BCUT2D eigenvalue weighted by Gasteiger charge is -2.24. The summed E-state index contributed by atoms with van der Waals surface area (Å²) in [5, 5.41) is 11.3. The lowest BCUT2D eigenvalue weighted by atomic mass is 9.94. The number of nitrogens with two attached hydrogens (primary N) is 1. The van der Waals surface area contributed by atoms with Crippen molar-refractivity contribution < 1.29 is 13.6 Å². The molecule has 0 atom stereocenters. The van der Waals surface area contributed by atoms with Crippen LogP contribution in [-0.2, 0) is 10.0 Å². The summed E-state index contributed by atoms with van der Waals surface area (Å²) in [4.78, 5) is 0. The average molecular weight is 279 g/mol. The quantitative estimate of drug-likeness (QED) is 0.317. The minimum absolute atomic E-state index is 0.0401. The van der Waals surface area contributed by atoms with Gasteiger partial charge >= 0.3 is 0 Å². The Balaban J connectivity index is 4.77. The van der Waals surface area contributed by atoms with Gasteiger partial charge in [0, 0.05) is 6.54 Å². The van der Waals surface area contributed by atoms with Crippen LogP contribution in [0.15, 0.2) is 5.16 Å². The Kier molecular flexibility index (Phi) is 6.62. The second-order valence-electron chi connectivity index (χ2n) is 5.55. The zero-order chi connectivity index (χ0) is 14.4. The second kappa shape index (κ2) is 6.94. The first kappa shape index (κ1) is 17.2. The average Bonchev–Trinajstić information content (AvgIpc) is 2.25. The van der Waals surface area contributed by atoms with E-state index in [2.05, 4.69) is 5.16 Å². The van der Waals surface area contributed by atoms with Gasteiger partial charge in [-0.3, -0.25) is 0 Å². The molecule has 0 rings (SSSR count). The van der Waals surface area contributed by atoms with Crippen molar-refractivity contribution in [2.24, 2.45) is 16.3 Å². The summed E-state index contributed by atoms with van der Waals surface area (Å²) in [5.74, 6) is -0.0161. The molecule has 3 N–H and O–H groups in total. The van der Waals surface area contributed by atoms with E-state index in [-0.39, 0.29) is 23.5 Å². The predicted octanol–water partition coefficient (Wildman–Crippen LogP) is 1.21. The molecule has 108 valence electrons. The minimum Gasteiger partial charge on any atom is -0.409 e. The highest BCUT2D eigenvalue weighted by Gasteiger charge is 2.24. The summed E-state index contributed by atoms with van der Waals surface area (Å²) in [5.41, 5.74) is 5.34. The van der Waals surface area contributed by atoms with Gasteiger partial charge in [0.15, 0.2) is 5.84 Å². The standard InChI is InChI=1S/C11H25N3O3S/c1-5-7-14(9-10(12)13-15)18(16,17)8-6-11(2,3)4/h15H,5-9H2,1-4H3,(H2,12,13). The van der Waals surface area contributed by atoms with E-state index in [1.807, 2.05) is 27.7 Å². The number of hydrogen-bond donors (Lipinski definition) is 2. The topological polar surface area (TPSA) is 96.0 Å². The molecule has 7 heteroatoms. The van der Waals surface area contributed by atoms with Crippen LogP contribution in [0.3, 0.4) is 0 Å². The van der Waals surface area contributed by atoms with Crippen molar-refractivity contribution in [1.29, 1.82) is 0 Å². The SMILES string of the molecule is CCCN(CC(N)=NO)S(=O)(=O)CCC(C)(C)C. The maximum absolute atomic E-state index is 12.2.